The highest BCUT2D eigenvalue weighted by atomic mass is 16.2. The average Bonchev–Trinajstić information content (AvgIpc) is 2.91. The Bertz CT molecular complexity index is 451. The van der Waals surface area contributed by atoms with E-state index in [0.29, 0.717) is 38.5 Å². The molecule has 2 heterocycles. The lowest BCUT2D eigenvalue weighted by Gasteiger charge is -2.35. The molecule has 1 aromatic heterocycles. The summed E-state index contributed by atoms with van der Waals surface area (Å²) < 4.78 is 1.40. The van der Waals surface area contributed by atoms with E-state index >= 15 is 0 Å². The molecule has 110 valence electrons. The number of hydrogen-bond donors (Lipinski definition) is 0. The van der Waals surface area contributed by atoms with Crippen molar-refractivity contribution in [3.8, 4) is 0 Å². The monoisotopic (exact) mass is 280 g/mol. The molecule has 8 nitrogen and oxygen atoms in total. The zero-order valence-electron chi connectivity index (χ0n) is 11.9. The minimum Gasteiger partial charge on any atom is -0.339 e. The van der Waals surface area contributed by atoms with Crippen LogP contribution in [-0.2, 0) is 16.1 Å². The molecule has 1 saturated heterocycles. The van der Waals surface area contributed by atoms with E-state index < -0.39 is 0 Å². The van der Waals surface area contributed by atoms with E-state index in [1.165, 1.54) is 11.0 Å². The fraction of sp³-hybridized carbons (Fsp3) is 0.750. The predicted octanol–water partition coefficient (Wildman–Crippen LogP) is -0.610. The van der Waals surface area contributed by atoms with Crippen LogP contribution in [0.3, 0.4) is 0 Å². The van der Waals surface area contributed by atoms with Crippen molar-refractivity contribution in [1.82, 2.24) is 30.0 Å². The largest absolute Gasteiger partial charge is 0.339 e. The first-order chi connectivity index (χ1) is 9.56. The van der Waals surface area contributed by atoms with Crippen molar-refractivity contribution >= 4 is 11.8 Å². The highest BCUT2D eigenvalue weighted by molar-refractivity contribution is 5.78. The third-order valence-electron chi connectivity index (χ3n) is 3.26. The number of carbonyl (C=O) groups excluding carboxylic acids is 2. The molecule has 0 unspecified atom stereocenters. The molecule has 20 heavy (non-hydrogen) atoms. The second-order valence-corrected chi connectivity index (χ2v) is 5.37. The summed E-state index contributed by atoms with van der Waals surface area (Å²) in [5, 5.41) is 10.7. The van der Waals surface area contributed by atoms with E-state index in [9.17, 15) is 9.59 Å². The molecule has 0 spiro atoms. The first-order valence-corrected chi connectivity index (χ1v) is 6.82. The number of carbonyl (C=O) groups is 2. The highest BCUT2D eigenvalue weighted by Gasteiger charge is 2.24. The molecular weight excluding hydrogens is 260 g/mol. The van der Waals surface area contributed by atoms with Crippen LogP contribution in [0.15, 0.2) is 6.33 Å². The third kappa shape index (κ3) is 3.75. The van der Waals surface area contributed by atoms with Gasteiger partial charge in [0.25, 0.3) is 0 Å². The number of tetrazole rings is 1. The maximum Gasteiger partial charge on any atom is 0.244 e. The van der Waals surface area contributed by atoms with Crippen LogP contribution in [0.5, 0.6) is 0 Å². The van der Waals surface area contributed by atoms with Crippen molar-refractivity contribution in [3.05, 3.63) is 6.33 Å². The minimum absolute atomic E-state index is 0.0201. The number of piperazine rings is 1. The van der Waals surface area contributed by atoms with Crippen LogP contribution in [0.4, 0.5) is 0 Å². The van der Waals surface area contributed by atoms with Gasteiger partial charge in [0.15, 0.2) is 0 Å². The van der Waals surface area contributed by atoms with Gasteiger partial charge in [-0.25, -0.2) is 4.68 Å². The Morgan fingerprint density at radius 2 is 1.70 bits per heavy atom. The van der Waals surface area contributed by atoms with E-state index in [0.717, 1.165) is 0 Å². The summed E-state index contributed by atoms with van der Waals surface area (Å²) in [5.74, 6) is 0.516. The molecule has 0 atom stereocenters. The van der Waals surface area contributed by atoms with Gasteiger partial charge in [-0.05, 0) is 16.3 Å². The van der Waals surface area contributed by atoms with Gasteiger partial charge in [-0.3, -0.25) is 9.59 Å². The molecule has 8 heteroatoms. The molecule has 0 aromatic carbocycles. The number of nitrogens with zero attached hydrogens (tertiary/aromatic N) is 6. The lowest BCUT2D eigenvalue weighted by atomic mass is 10.1. The number of amides is 2. The summed E-state index contributed by atoms with van der Waals surface area (Å²) in [6.07, 6.45) is 1.99. The van der Waals surface area contributed by atoms with Crippen LogP contribution in [0.1, 0.15) is 20.3 Å². The Labute approximate surface area is 117 Å². The summed E-state index contributed by atoms with van der Waals surface area (Å²) in [4.78, 5) is 27.5. The predicted molar refractivity (Wildman–Crippen MR) is 70.4 cm³/mol. The first-order valence-electron chi connectivity index (χ1n) is 6.82. The Morgan fingerprint density at radius 3 is 2.20 bits per heavy atom. The van der Waals surface area contributed by atoms with E-state index in [1.54, 1.807) is 4.90 Å². The maximum atomic E-state index is 12.0. The quantitative estimate of drug-likeness (QED) is 0.734. The van der Waals surface area contributed by atoms with E-state index in [1.807, 2.05) is 18.7 Å². The van der Waals surface area contributed by atoms with Crippen molar-refractivity contribution in [1.29, 1.82) is 0 Å². The van der Waals surface area contributed by atoms with Crippen molar-refractivity contribution in [2.45, 2.75) is 26.8 Å². The number of rotatable bonds is 4. The van der Waals surface area contributed by atoms with Gasteiger partial charge >= 0.3 is 0 Å². The molecule has 0 aliphatic carbocycles. The van der Waals surface area contributed by atoms with Gasteiger partial charge in [0.05, 0.1) is 0 Å². The maximum absolute atomic E-state index is 12.0. The van der Waals surface area contributed by atoms with Gasteiger partial charge in [0.2, 0.25) is 11.8 Å². The Morgan fingerprint density at radius 1 is 1.10 bits per heavy atom. The lowest BCUT2D eigenvalue weighted by molar-refractivity contribution is -0.140. The third-order valence-corrected chi connectivity index (χ3v) is 3.26. The molecule has 1 aliphatic heterocycles. The van der Waals surface area contributed by atoms with Gasteiger partial charge < -0.3 is 9.80 Å². The highest BCUT2D eigenvalue weighted by Crippen LogP contribution is 2.08. The topological polar surface area (TPSA) is 84.2 Å². The smallest absolute Gasteiger partial charge is 0.244 e. The minimum atomic E-state index is -0.0201. The molecule has 1 aliphatic rings. The Kier molecular flexibility index (Phi) is 4.65. The normalized spacial score (nSPS) is 15.8. The Balaban J connectivity index is 1.79. The van der Waals surface area contributed by atoms with Crippen LogP contribution >= 0.6 is 0 Å². The van der Waals surface area contributed by atoms with Crippen molar-refractivity contribution in [2.75, 3.05) is 26.2 Å². The van der Waals surface area contributed by atoms with Crippen LogP contribution in [-0.4, -0.2) is 68.0 Å². The SMILES string of the molecule is CC(C)CC(=O)N1CCN(C(=O)Cn2cnnn2)CC1. The van der Waals surface area contributed by atoms with Crippen molar-refractivity contribution in [3.63, 3.8) is 0 Å². The summed E-state index contributed by atoms with van der Waals surface area (Å²) in [7, 11) is 0. The molecule has 2 amide bonds. The summed E-state index contributed by atoms with van der Waals surface area (Å²) in [6.45, 7) is 6.57. The van der Waals surface area contributed by atoms with E-state index in [4.69, 9.17) is 0 Å². The standard InChI is InChI=1S/C12H20N6O2/c1-10(2)7-11(19)16-3-5-17(6-4-16)12(20)8-18-9-13-14-15-18/h9-10H,3-8H2,1-2H3. The molecule has 2 rings (SSSR count). The van der Waals surface area contributed by atoms with E-state index in [2.05, 4.69) is 15.5 Å². The Hall–Kier alpha value is -1.99. The number of aromatic nitrogens is 4. The van der Waals surface area contributed by atoms with Crippen molar-refractivity contribution in [2.24, 2.45) is 5.92 Å². The first kappa shape index (κ1) is 14.4. The molecule has 0 radical (unpaired) electrons. The zero-order valence-corrected chi connectivity index (χ0v) is 11.9. The molecule has 0 N–H and O–H groups in total. The lowest BCUT2D eigenvalue weighted by Crippen LogP contribution is -2.51. The second-order valence-electron chi connectivity index (χ2n) is 5.37. The molecule has 0 bridgehead atoms. The van der Waals surface area contributed by atoms with Crippen LogP contribution in [0.2, 0.25) is 0 Å². The number of hydrogen-bond acceptors (Lipinski definition) is 5. The summed E-state index contributed by atoms with van der Waals surface area (Å²) in [6, 6.07) is 0. The summed E-state index contributed by atoms with van der Waals surface area (Å²) >= 11 is 0. The summed E-state index contributed by atoms with van der Waals surface area (Å²) in [5.41, 5.74) is 0. The molecule has 0 saturated carbocycles. The van der Waals surface area contributed by atoms with Gasteiger partial charge in [-0.15, -0.1) is 5.10 Å². The molecule has 1 fully saturated rings. The van der Waals surface area contributed by atoms with Gasteiger partial charge in [-0.1, -0.05) is 13.8 Å². The molecular formula is C12H20N6O2. The fourth-order valence-electron chi connectivity index (χ4n) is 2.17. The molecule has 1 aromatic rings. The van der Waals surface area contributed by atoms with Gasteiger partial charge in [0.1, 0.15) is 12.9 Å². The van der Waals surface area contributed by atoms with Gasteiger partial charge in [-0.2, -0.15) is 0 Å². The van der Waals surface area contributed by atoms with Crippen molar-refractivity contribution < 1.29 is 9.59 Å². The van der Waals surface area contributed by atoms with Gasteiger partial charge in [0, 0.05) is 32.6 Å². The second kappa shape index (κ2) is 6.44. The zero-order chi connectivity index (χ0) is 14.5. The van der Waals surface area contributed by atoms with E-state index in [-0.39, 0.29) is 18.4 Å². The fourth-order valence-corrected chi connectivity index (χ4v) is 2.17. The van der Waals surface area contributed by atoms with Crippen LogP contribution in [0, 0.1) is 5.92 Å². The van der Waals surface area contributed by atoms with Crippen LogP contribution < -0.4 is 0 Å². The average molecular weight is 280 g/mol. The van der Waals surface area contributed by atoms with Crippen LogP contribution in [0.25, 0.3) is 0 Å².